The Morgan fingerprint density at radius 1 is 1.30 bits per heavy atom. The summed E-state index contributed by atoms with van der Waals surface area (Å²) in [6.45, 7) is 4.99. The van der Waals surface area contributed by atoms with Gasteiger partial charge in [-0.25, -0.2) is 9.97 Å². The number of hydrogen-bond donors (Lipinski definition) is 2. The molecule has 3 aliphatic rings. The van der Waals surface area contributed by atoms with Gasteiger partial charge >= 0.3 is 0 Å². The van der Waals surface area contributed by atoms with Crippen LogP contribution in [0.3, 0.4) is 0 Å². The van der Waals surface area contributed by atoms with Crippen LogP contribution in [0.5, 0.6) is 0 Å². The van der Waals surface area contributed by atoms with Crippen molar-refractivity contribution in [2.24, 2.45) is 5.92 Å². The highest BCUT2D eigenvalue weighted by Gasteiger charge is 2.51. The van der Waals surface area contributed by atoms with Crippen molar-refractivity contribution in [1.82, 2.24) is 15.3 Å². The fourth-order valence-electron chi connectivity index (χ4n) is 4.19. The molecule has 3 heterocycles. The smallest absolute Gasteiger partial charge is 0.240 e. The quantitative estimate of drug-likeness (QED) is 0.873. The topological polar surface area (TPSA) is 70.2 Å². The van der Waals surface area contributed by atoms with Crippen LogP contribution in [-0.4, -0.2) is 35.5 Å². The average molecular weight is 363 g/mol. The molecule has 1 aromatic carbocycles. The minimum Gasteiger partial charge on any atom is -0.354 e. The van der Waals surface area contributed by atoms with Gasteiger partial charge in [0.2, 0.25) is 11.9 Å². The number of carbonyl (C=O) groups excluding carboxylic acids is 1. The van der Waals surface area contributed by atoms with E-state index in [0.29, 0.717) is 19.0 Å². The highest BCUT2D eigenvalue weighted by atomic mass is 16.2. The first kappa shape index (κ1) is 16.7. The molecule has 1 amide bonds. The predicted molar refractivity (Wildman–Crippen MR) is 105 cm³/mol. The predicted octanol–water partition coefficient (Wildman–Crippen LogP) is 2.38. The zero-order valence-electron chi connectivity index (χ0n) is 15.7. The second-order valence-corrected chi connectivity index (χ2v) is 8.13. The van der Waals surface area contributed by atoms with Gasteiger partial charge in [-0.3, -0.25) is 4.79 Å². The number of carbonyl (C=O) groups is 1. The second-order valence-electron chi connectivity index (χ2n) is 8.13. The third-order valence-electron chi connectivity index (χ3n) is 6.05. The summed E-state index contributed by atoms with van der Waals surface area (Å²) in [4.78, 5) is 24.9. The normalized spacial score (nSPS) is 24.3. The molecule has 0 bridgehead atoms. The molecule has 1 unspecified atom stereocenters. The molecule has 0 radical (unpaired) electrons. The number of fused-ring (bicyclic) bond motifs is 2. The zero-order chi connectivity index (χ0) is 18.4. The van der Waals surface area contributed by atoms with Crippen molar-refractivity contribution in [3.63, 3.8) is 0 Å². The number of aryl methyl sites for hydroxylation is 1. The lowest BCUT2D eigenvalue weighted by Gasteiger charge is -2.39. The van der Waals surface area contributed by atoms with Gasteiger partial charge in [-0.2, -0.15) is 0 Å². The van der Waals surface area contributed by atoms with Crippen LogP contribution in [0.15, 0.2) is 30.5 Å². The highest BCUT2D eigenvalue weighted by molar-refractivity contribution is 6.03. The maximum absolute atomic E-state index is 13.6. The lowest BCUT2D eigenvalue weighted by Crippen LogP contribution is -2.53. The highest BCUT2D eigenvalue weighted by Crippen LogP contribution is 2.40. The van der Waals surface area contributed by atoms with Gasteiger partial charge in [-0.1, -0.05) is 17.7 Å². The Hall–Kier alpha value is -2.47. The van der Waals surface area contributed by atoms with E-state index >= 15 is 0 Å². The molecule has 1 aromatic heterocycles. The largest absolute Gasteiger partial charge is 0.354 e. The third-order valence-corrected chi connectivity index (χ3v) is 6.05. The van der Waals surface area contributed by atoms with Crippen molar-refractivity contribution in [3.8, 4) is 0 Å². The molecule has 2 fully saturated rings. The van der Waals surface area contributed by atoms with Crippen molar-refractivity contribution < 1.29 is 4.79 Å². The van der Waals surface area contributed by atoms with Gasteiger partial charge in [0, 0.05) is 30.5 Å². The number of nitrogens with one attached hydrogen (secondary N) is 2. The molecule has 1 atom stereocenters. The number of anilines is 2. The Bertz CT molecular complexity index is 869. The monoisotopic (exact) mass is 363 g/mol. The maximum Gasteiger partial charge on any atom is 0.240 e. The maximum atomic E-state index is 13.6. The summed E-state index contributed by atoms with van der Waals surface area (Å²) in [6.07, 6.45) is 5.26. The number of nitrogens with zero attached hydrogens (tertiary/aromatic N) is 3. The molecule has 1 saturated heterocycles. The number of hydrogen-bond acceptors (Lipinski definition) is 5. The van der Waals surface area contributed by atoms with E-state index in [1.54, 1.807) is 0 Å². The molecule has 2 aromatic rings. The van der Waals surface area contributed by atoms with Crippen LogP contribution >= 0.6 is 0 Å². The van der Waals surface area contributed by atoms with E-state index in [1.807, 2.05) is 23.2 Å². The van der Waals surface area contributed by atoms with E-state index in [2.05, 4.69) is 34.7 Å². The van der Waals surface area contributed by atoms with Gasteiger partial charge in [0.25, 0.3) is 0 Å². The Kier molecular flexibility index (Phi) is 3.90. The van der Waals surface area contributed by atoms with E-state index in [1.165, 1.54) is 18.4 Å². The molecule has 6 nitrogen and oxygen atoms in total. The van der Waals surface area contributed by atoms with Crippen LogP contribution in [0.25, 0.3) is 0 Å². The molecule has 6 heteroatoms. The standard InChI is InChI=1S/C21H25N5O/c1-14-2-6-17(7-3-14)26-12-16-11-24-20(23-10-15-4-5-15)25-18(16)21(19(26)27)8-9-22-13-21/h2-3,6-7,11,15,22H,4-5,8-10,12-13H2,1H3,(H,23,24,25). The fraction of sp³-hybridized carbons (Fsp3) is 0.476. The summed E-state index contributed by atoms with van der Waals surface area (Å²) in [6, 6.07) is 8.17. The van der Waals surface area contributed by atoms with Gasteiger partial charge < -0.3 is 15.5 Å². The van der Waals surface area contributed by atoms with Gasteiger partial charge in [0.1, 0.15) is 5.41 Å². The molecule has 2 aliphatic heterocycles. The van der Waals surface area contributed by atoms with Crippen molar-refractivity contribution in [1.29, 1.82) is 0 Å². The number of amides is 1. The first-order valence-corrected chi connectivity index (χ1v) is 9.85. The summed E-state index contributed by atoms with van der Waals surface area (Å²) in [5, 5.41) is 6.75. The van der Waals surface area contributed by atoms with Crippen molar-refractivity contribution in [2.75, 3.05) is 29.9 Å². The summed E-state index contributed by atoms with van der Waals surface area (Å²) in [5.74, 6) is 1.56. The number of rotatable bonds is 4. The van der Waals surface area contributed by atoms with Crippen LogP contribution in [0.2, 0.25) is 0 Å². The zero-order valence-corrected chi connectivity index (χ0v) is 15.7. The average Bonchev–Trinajstić information content (AvgIpc) is 3.39. The van der Waals surface area contributed by atoms with Crippen LogP contribution in [0.1, 0.15) is 36.1 Å². The van der Waals surface area contributed by atoms with E-state index < -0.39 is 5.41 Å². The number of aromatic nitrogens is 2. The first-order valence-electron chi connectivity index (χ1n) is 9.85. The van der Waals surface area contributed by atoms with E-state index in [0.717, 1.165) is 42.4 Å². The summed E-state index contributed by atoms with van der Waals surface area (Å²) >= 11 is 0. The Morgan fingerprint density at radius 3 is 2.81 bits per heavy atom. The molecular formula is C21H25N5O. The molecule has 5 rings (SSSR count). The van der Waals surface area contributed by atoms with Crippen molar-refractivity contribution in [2.45, 2.75) is 38.1 Å². The van der Waals surface area contributed by atoms with Gasteiger partial charge in [0.15, 0.2) is 0 Å². The number of benzene rings is 1. The molecule has 2 N–H and O–H groups in total. The van der Waals surface area contributed by atoms with Crippen LogP contribution in [-0.2, 0) is 16.8 Å². The van der Waals surface area contributed by atoms with Gasteiger partial charge in [-0.05, 0) is 50.8 Å². The lowest BCUT2D eigenvalue weighted by atomic mass is 9.77. The third kappa shape index (κ3) is 2.88. The molecule has 1 aliphatic carbocycles. The first-order chi connectivity index (χ1) is 13.2. The molecular weight excluding hydrogens is 338 g/mol. The minimum absolute atomic E-state index is 0.149. The van der Waals surface area contributed by atoms with E-state index in [-0.39, 0.29) is 5.91 Å². The van der Waals surface area contributed by atoms with E-state index in [9.17, 15) is 4.79 Å². The van der Waals surface area contributed by atoms with Gasteiger partial charge in [0.05, 0.1) is 12.2 Å². The fourth-order valence-corrected chi connectivity index (χ4v) is 4.19. The summed E-state index contributed by atoms with van der Waals surface area (Å²) in [5.41, 5.74) is 3.51. The second kappa shape index (κ2) is 6.30. The Labute approximate surface area is 159 Å². The summed E-state index contributed by atoms with van der Waals surface area (Å²) in [7, 11) is 0. The van der Waals surface area contributed by atoms with Crippen molar-refractivity contribution >= 4 is 17.5 Å². The molecule has 1 spiro atoms. The Balaban J connectivity index is 1.53. The molecule has 140 valence electrons. The lowest BCUT2D eigenvalue weighted by molar-refractivity contribution is -0.124. The van der Waals surface area contributed by atoms with E-state index in [4.69, 9.17) is 4.98 Å². The van der Waals surface area contributed by atoms with Crippen LogP contribution in [0, 0.1) is 12.8 Å². The van der Waals surface area contributed by atoms with Crippen LogP contribution in [0.4, 0.5) is 11.6 Å². The Morgan fingerprint density at radius 2 is 2.11 bits per heavy atom. The minimum atomic E-state index is -0.586. The van der Waals surface area contributed by atoms with Crippen LogP contribution < -0.4 is 15.5 Å². The van der Waals surface area contributed by atoms with Gasteiger partial charge in [-0.15, -0.1) is 0 Å². The molecule has 1 saturated carbocycles. The molecule has 27 heavy (non-hydrogen) atoms. The summed E-state index contributed by atoms with van der Waals surface area (Å²) < 4.78 is 0. The van der Waals surface area contributed by atoms with Crippen molar-refractivity contribution in [3.05, 3.63) is 47.3 Å². The SMILES string of the molecule is Cc1ccc(N2Cc3cnc(NCC4CC4)nc3C3(CCNC3)C2=O)cc1.